The lowest BCUT2D eigenvalue weighted by molar-refractivity contribution is -0.123. The Morgan fingerprint density at radius 1 is 1.04 bits per heavy atom. The molecule has 4 nitrogen and oxygen atoms in total. The fourth-order valence-electron chi connectivity index (χ4n) is 1.98. The molecule has 2 rings (SSSR count). The van der Waals surface area contributed by atoms with Gasteiger partial charge in [0.25, 0.3) is 5.91 Å². The summed E-state index contributed by atoms with van der Waals surface area (Å²) in [5.41, 5.74) is 2.82. The predicted molar refractivity (Wildman–Crippen MR) is 95.9 cm³/mol. The van der Waals surface area contributed by atoms with Crippen LogP contribution in [-0.4, -0.2) is 18.0 Å². The number of rotatable bonds is 4. The summed E-state index contributed by atoms with van der Waals surface area (Å²) in [7, 11) is 0. The van der Waals surface area contributed by atoms with Crippen molar-refractivity contribution >= 4 is 40.8 Å². The van der Waals surface area contributed by atoms with E-state index in [1.54, 1.807) is 24.3 Å². The summed E-state index contributed by atoms with van der Waals surface area (Å²) >= 11 is 11.9. The minimum atomic E-state index is -0.978. The lowest BCUT2D eigenvalue weighted by Gasteiger charge is -2.15. The number of hydrogen-bond acceptors (Lipinski definition) is 3. The Labute approximate surface area is 150 Å². The molecule has 24 heavy (non-hydrogen) atoms. The highest BCUT2D eigenvalue weighted by atomic mass is 35.5. The zero-order valence-corrected chi connectivity index (χ0v) is 15.0. The largest absolute Gasteiger partial charge is 0.449 e. The molecule has 0 radical (unpaired) electrons. The van der Waals surface area contributed by atoms with Gasteiger partial charge in [-0.3, -0.25) is 4.79 Å². The summed E-state index contributed by atoms with van der Waals surface area (Å²) < 4.78 is 5.21. The van der Waals surface area contributed by atoms with E-state index >= 15 is 0 Å². The quantitative estimate of drug-likeness (QED) is 0.792. The molecule has 0 unspecified atom stereocenters. The number of nitrogens with one attached hydrogen (secondary N) is 1. The highest BCUT2D eigenvalue weighted by molar-refractivity contribution is 6.35. The van der Waals surface area contributed by atoms with Crippen molar-refractivity contribution < 1.29 is 14.3 Å². The number of aryl methyl sites for hydroxylation is 2. The number of anilines is 1. The lowest BCUT2D eigenvalue weighted by Crippen LogP contribution is -2.30. The molecule has 0 heterocycles. The Morgan fingerprint density at radius 2 is 1.75 bits per heavy atom. The van der Waals surface area contributed by atoms with Crippen LogP contribution in [0.25, 0.3) is 0 Å². The maximum Gasteiger partial charge on any atom is 0.338 e. The average molecular weight is 366 g/mol. The molecule has 0 saturated carbocycles. The second-order valence-electron chi connectivity index (χ2n) is 5.46. The third-order valence-corrected chi connectivity index (χ3v) is 4.15. The summed E-state index contributed by atoms with van der Waals surface area (Å²) in [6.45, 7) is 5.35. The Morgan fingerprint density at radius 3 is 2.42 bits per heavy atom. The summed E-state index contributed by atoms with van der Waals surface area (Å²) in [5, 5.41) is 3.38. The molecular weight excluding hydrogens is 349 g/mol. The van der Waals surface area contributed by atoms with E-state index in [2.05, 4.69) is 5.32 Å². The van der Waals surface area contributed by atoms with Gasteiger partial charge in [0.15, 0.2) is 6.10 Å². The van der Waals surface area contributed by atoms with Gasteiger partial charge >= 0.3 is 5.97 Å². The fraction of sp³-hybridized carbons (Fsp3) is 0.222. The van der Waals surface area contributed by atoms with Gasteiger partial charge in [0, 0.05) is 5.02 Å². The van der Waals surface area contributed by atoms with Gasteiger partial charge in [-0.1, -0.05) is 29.3 Å². The minimum Gasteiger partial charge on any atom is -0.449 e. The van der Waals surface area contributed by atoms with E-state index in [0.29, 0.717) is 21.3 Å². The summed E-state index contributed by atoms with van der Waals surface area (Å²) in [6.07, 6.45) is -0.978. The van der Waals surface area contributed by atoms with Crippen molar-refractivity contribution in [3.8, 4) is 0 Å². The lowest BCUT2D eigenvalue weighted by atomic mass is 10.1. The number of carbonyl (C=O) groups excluding carboxylic acids is 2. The number of amides is 1. The first kappa shape index (κ1) is 18.3. The van der Waals surface area contributed by atoms with Crippen molar-refractivity contribution in [2.24, 2.45) is 0 Å². The van der Waals surface area contributed by atoms with Crippen LogP contribution in [0.3, 0.4) is 0 Å². The van der Waals surface area contributed by atoms with E-state index in [1.807, 2.05) is 19.9 Å². The fourth-order valence-corrected chi connectivity index (χ4v) is 2.32. The van der Waals surface area contributed by atoms with Gasteiger partial charge in [0.05, 0.1) is 16.3 Å². The first-order chi connectivity index (χ1) is 11.3. The average Bonchev–Trinajstić information content (AvgIpc) is 2.53. The molecule has 0 aromatic heterocycles. The van der Waals surface area contributed by atoms with Crippen molar-refractivity contribution in [1.82, 2.24) is 0 Å². The second-order valence-corrected chi connectivity index (χ2v) is 6.30. The van der Waals surface area contributed by atoms with Crippen molar-refractivity contribution in [2.45, 2.75) is 26.9 Å². The molecule has 1 N–H and O–H groups in total. The van der Waals surface area contributed by atoms with Crippen LogP contribution in [0.5, 0.6) is 0 Å². The number of carbonyl (C=O) groups is 2. The number of esters is 1. The van der Waals surface area contributed by atoms with E-state index in [-0.39, 0.29) is 0 Å². The maximum absolute atomic E-state index is 12.2. The van der Waals surface area contributed by atoms with E-state index < -0.39 is 18.0 Å². The highest BCUT2D eigenvalue weighted by Crippen LogP contribution is 2.25. The van der Waals surface area contributed by atoms with Gasteiger partial charge in [0.1, 0.15) is 0 Å². The molecule has 0 aliphatic carbocycles. The maximum atomic E-state index is 12.2. The normalized spacial score (nSPS) is 11.7. The number of benzene rings is 2. The van der Waals surface area contributed by atoms with Gasteiger partial charge in [-0.15, -0.1) is 0 Å². The Hall–Kier alpha value is -2.04. The van der Waals surface area contributed by atoms with Gasteiger partial charge in [0.2, 0.25) is 0 Å². The summed E-state index contributed by atoms with van der Waals surface area (Å²) in [5.74, 6) is -1.05. The molecule has 6 heteroatoms. The zero-order valence-electron chi connectivity index (χ0n) is 13.5. The minimum absolute atomic E-state index is 0.348. The van der Waals surface area contributed by atoms with Gasteiger partial charge < -0.3 is 10.1 Å². The van der Waals surface area contributed by atoms with Crippen LogP contribution in [0, 0.1) is 13.8 Å². The standard InChI is InChI=1S/C18H17Cl2NO3/c1-10-4-5-13(8-11(10)2)18(23)24-12(3)17(22)21-16-9-14(19)6-7-15(16)20/h4-9,12H,1-3H3,(H,21,22)/t12-/m1/s1. The monoisotopic (exact) mass is 365 g/mol. The third kappa shape index (κ3) is 4.49. The van der Waals surface area contributed by atoms with E-state index in [4.69, 9.17) is 27.9 Å². The van der Waals surface area contributed by atoms with Crippen molar-refractivity contribution in [3.63, 3.8) is 0 Å². The molecule has 0 saturated heterocycles. The molecule has 126 valence electrons. The van der Waals surface area contributed by atoms with Crippen LogP contribution in [0.15, 0.2) is 36.4 Å². The number of ether oxygens (including phenoxy) is 1. The van der Waals surface area contributed by atoms with E-state index in [0.717, 1.165) is 11.1 Å². The molecule has 0 aliphatic rings. The van der Waals surface area contributed by atoms with Crippen LogP contribution < -0.4 is 5.32 Å². The first-order valence-electron chi connectivity index (χ1n) is 7.32. The Kier molecular flexibility index (Phi) is 5.86. The third-order valence-electron chi connectivity index (χ3n) is 3.58. The Balaban J connectivity index is 2.04. The molecule has 0 fully saturated rings. The second kappa shape index (κ2) is 7.69. The molecule has 2 aromatic carbocycles. The smallest absolute Gasteiger partial charge is 0.338 e. The van der Waals surface area contributed by atoms with Crippen LogP contribution in [0.2, 0.25) is 10.0 Å². The zero-order chi connectivity index (χ0) is 17.9. The molecule has 0 aliphatic heterocycles. The van der Waals surface area contributed by atoms with Crippen LogP contribution >= 0.6 is 23.2 Å². The predicted octanol–water partition coefficient (Wildman–Crippen LogP) is 4.79. The molecule has 0 spiro atoms. The highest BCUT2D eigenvalue weighted by Gasteiger charge is 2.20. The molecule has 2 aromatic rings. The molecule has 0 bridgehead atoms. The van der Waals surface area contributed by atoms with Gasteiger partial charge in [-0.05, 0) is 62.2 Å². The van der Waals surface area contributed by atoms with Gasteiger partial charge in [-0.25, -0.2) is 4.79 Å². The van der Waals surface area contributed by atoms with E-state index in [1.165, 1.54) is 13.0 Å². The van der Waals surface area contributed by atoms with Gasteiger partial charge in [-0.2, -0.15) is 0 Å². The number of hydrogen-bond donors (Lipinski definition) is 1. The summed E-state index contributed by atoms with van der Waals surface area (Å²) in [6, 6.07) is 9.95. The number of halogens is 2. The first-order valence-corrected chi connectivity index (χ1v) is 8.07. The van der Waals surface area contributed by atoms with Crippen LogP contribution in [-0.2, 0) is 9.53 Å². The van der Waals surface area contributed by atoms with Crippen molar-refractivity contribution in [3.05, 3.63) is 63.1 Å². The van der Waals surface area contributed by atoms with Crippen molar-refractivity contribution in [1.29, 1.82) is 0 Å². The molecular formula is C18H17Cl2NO3. The van der Waals surface area contributed by atoms with E-state index in [9.17, 15) is 9.59 Å². The molecule has 1 amide bonds. The van der Waals surface area contributed by atoms with Crippen LogP contribution in [0.1, 0.15) is 28.4 Å². The molecule has 1 atom stereocenters. The summed E-state index contributed by atoms with van der Waals surface area (Å²) in [4.78, 5) is 24.3. The van der Waals surface area contributed by atoms with Crippen LogP contribution in [0.4, 0.5) is 5.69 Å². The van der Waals surface area contributed by atoms with Crippen molar-refractivity contribution in [2.75, 3.05) is 5.32 Å². The topological polar surface area (TPSA) is 55.4 Å². The Bertz CT molecular complexity index is 790. The SMILES string of the molecule is Cc1ccc(C(=O)O[C@H](C)C(=O)Nc2cc(Cl)ccc2Cl)cc1C.